The lowest BCUT2D eigenvalue weighted by atomic mass is 10.0. The normalized spacial score (nSPS) is 12.2. The number of nitrogens with zero attached hydrogens (tertiary/aromatic N) is 1. The van der Waals surface area contributed by atoms with Crippen LogP contribution in [-0.4, -0.2) is 34.0 Å². The van der Waals surface area contributed by atoms with Crippen LogP contribution in [0.5, 0.6) is 0 Å². The lowest BCUT2D eigenvalue weighted by Crippen LogP contribution is -2.54. The van der Waals surface area contributed by atoms with Crippen molar-refractivity contribution in [1.82, 2.24) is 10.2 Å². The van der Waals surface area contributed by atoms with Crippen LogP contribution in [-0.2, 0) is 22.6 Å². The van der Waals surface area contributed by atoms with E-state index in [0.717, 1.165) is 16.0 Å². The van der Waals surface area contributed by atoms with Gasteiger partial charge in [0.2, 0.25) is 11.8 Å². The smallest absolute Gasteiger partial charge is 0.243 e. The minimum absolute atomic E-state index is 0.127. The first kappa shape index (κ1) is 29.4. The summed E-state index contributed by atoms with van der Waals surface area (Å²) < 4.78 is 0. The van der Waals surface area contributed by atoms with E-state index in [1.807, 2.05) is 75.4 Å². The second kappa shape index (κ2) is 13.6. The van der Waals surface area contributed by atoms with Gasteiger partial charge in [-0.2, -0.15) is 0 Å². The molecule has 37 heavy (non-hydrogen) atoms. The van der Waals surface area contributed by atoms with Crippen molar-refractivity contribution >= 4 is 58.4 Å². The number of carbonyl (C=O) groups is 2. The Labute approximate surface area is 238 Å². The molecular formula is C29H31Cl3N2O2S. The molecule has 3 aromatic carbocycles. The number of amides is 2. The van der Waals surface area contributed by atoms with Crippen LogP contribution in [0.15, 0.2) is 77.7 Å². The summed E-state index contributed by atoms with van der Waals surface area (Å²) in [5, 5.41) is 4.70. The highest BCUT2D eigenvalue weighted by Crippen LogP contribution is 2.26. The number of hydrogen-bond donors (Lipinski definition) is 1. The molecule has 2 amide bonds. The fourth-order valence-corrected chi connectivity index (χ4v) is 5.21. The van der Waals surface area contributed by atoms with Crippen LogP contribution >= 0.6 is 46.6 Å². The van der Waals surface area contributed by atoms with Gasteiger partial charge >= 0.3 is 0 Å². The van der Waals surface area contributed by atoms with E-state index in [0.29, 0.717) is 27.2 Å². The van der Waals surface area contributed by atoms with Gasteiger partial charge in [0.15, 0.2) is 0 Å². The van der Waals surface area contributed by atoms with E-state index in [2.05, 4.69) is 5.32 Å². The number of hydrogen-bond acceptors (Lipinski definition) is 3. The molecule has 1 N–H and O–H groups in total. The number of thioether (sulfide) groups is 1. The zero-order valence-electron chi connectivity index (χ0n) is 21.1. The van der Waals surface area contributed by atoms with Crippen LogP contribution in [0.3, 0.4) is 0 Å². The number of benzene rings is 3. The molecule has 0 radical (unpaired) electrons. The highest BCUT2D eigenvalue weighted by molar-refractivity contribution is 7.99. The van der Waals surface area contributed by atoms with Crippen molar-refractivity contribution in [3.05, 3.63) is 99.0 Å². The number of nitrogens with one attached hydrogen (secondary N) is 1. The fraction of sp³-hybridized carbons (Fsp3) is 0.310. The first-order valence-electron chi connectivity index (χ1n) is 12.0. The standard InChI is InChI=1S/C29H31Cl3N2O2S/c1-29(2,3)33-28(36)26(17-20-7-5-4-6-8-20)34(19-21-9-10-23(31)18-25(21)32)27(35)15-16-37-24-13-11-22(30)12-14-24/h4-14,18,26H,15-17,19H2,1-3H3,(H,33,36)/t26-/m1/s1. The largest absolute Gasteiger partial charge is 0.350 e. The van der Waals surface area contributed by atoms with Crippen LogP contribution in [0, 0.1) is 0 Å². The summed E-state index contributed by atoms with van der Waals surface area (Å²) in [6, 6.07) is 21.7. The number of rotatable bonds is 10. The summed E-state index contributed by atoms with van der Waals surface area (Å²) in [6.07, 6.45) is 0.636. The van der Waals surface area contributed by atoms with Crippen molar-refractivity contribution in [3.63, 3.8) is 0 Å². The quantitative estimate of drug-likeness (QED) is 0.251. The summed E-state index contributed by atoms with van der Waals surface area (Å²) in [5.74, 6) is 0.224. The van der Waals surface area contributed by atoms with Gasteiger partial charge < -0.3 is 10.2 Å². The van der Waals surface area contributed by atoms with E-state index in [9.17, 15) is 9.59 Å². The van der Waals surface area contributed by atoms with Crippen molar-refractivity contribution in [3.8, 4) is 0 Å². The molecule has 0 unspecified atom stereocenters. The molecule has 0 aliphatic rings. The Bertz CT molecular complexity index is 1200. The van der Waals surface area contributed by atoms with Gasteiger partial charge in [0, 0.05) is 50.6 Å². The maximum Gasteiger partial charge on any atom is 0.243 e. The van der Waals surface area contributed by atoms with Gasteiger partial charge in [-0.3, -0.25) is 9.59 Å². The van der Waals surface area contributed by atoms with Crippen LogP contribution in [0.2, 0.25) is 15.1 Å². The van der Waals surface area contributed by atoms with Crippen molar-refractivity contribution in [2.45, 2.75) is 56.6 Å². The molecule has 0 saturated carbocycles. The Morgan fingerprint density at radius 3 is 2.19 bits per heavy atom. The average Bonchev–Trinajstić information content (AvgIpc) is 2.83. The van der Waals surface area contributed by atoms with Crippen LogP contribution < -0.4 is 5.32 Å². The molecule has 0 spiro atoms. The molecule has 3 rings (SSSR count). The van der Waals surface area contributed by atoms with Crippen LogP contribution in [0.1, 0.15) is 38.3 Å². The van der Waals surface area contributed by atoms with E-state index in [1.165, 1.54) is 0 Å². The number of halogens is 3. The first-order chi connectivity index (χ1) is 17.5. The van der Waals surface area contributed by atoms with Gasteiger partial charge in [0.05, 0.1) is 0 Å². The Morgan fingerprint density at radius 2 is 1.57 bits per heavy atom. The second-order valence-corrected chi connectivity index (χ2v) is 12.2. The highest BCUT2D eigenvalue weighted by atomic mass is 35.5. The van der Waals surface area contributed by atoms with Crippen LogP contribution in [0.4, 0.5) is 0 Å². The van der Waals surface area contributed by atoms with Crippen molar-refractivity contribution < 1.29 is 9.59 Å². The van der Waals surface area contributed by atoms with Crippen LogP contribution in [0.25, 0.3) is 0 Å². The van der Waals surface area contributed by atoms with Gasteiger partial charge in [-0.05, 0) is 68.3 Å². The zero-order valence-corrected chi connectivity index (χ0v) is 24.2. The molecule has 196 valence electrons. The Balaban J connectivity index is 1.89. The third-order valence-corrected chi connectivity index (χ3v) is 7.38. The van der Waals surface area contributed by atoms with Crippen molar-refractivity contribution in [1.29, 1.82) is 0 Å². The molecule has 3 aromatic rings. The third kappa shape index (κ3) is 9.57. The Hall–Kier alpha value is -2.18. The molecule has 0 aromatic heterocycles. The minimum atomic E-state index is -0.721. The molecule has 8 heteroatoms. The molecule has 0 saturated heterocycles. The Morgan fingerprint density at radius 1 is 0.919 bits per heavy atom. The molecule has 0 fully saturated rings. The van der Waals surface area contributed by atoms with E-state index in [-0.39, 0.29) is 24.8 Å². The summed E-state index contributed by atoms with van der Waals surface area (Å²) in [6.45, 7) is 5.97. The SMILES string of the molecule is CC(C)(C)NC(=O)[C@@H](Cc1ccccc1)N(Cc1ccc(Cl)cc1Cl)C(=O)CCSc1ccc(Cl)cc1. The van der Waals surface area contributed by atoms with E-state index >= 15 is 0 Å². The first-order valence-corrected chi connectivity index (χ1v) is 14.1. The molecule has 1 atom stereocenters. The summed E-state index contributed by atoms with van der Waals surface area (Å²) in [5.41, 5.74) is 1.24. The summed E-state index contributed by atoms with van der Waals surface area (Å²) in [7, 11) is 0. The molecule has 0 aliphatic carbocycles. The van der Waals surface area contributed by atoms with Gasteiger partial charge in [-0.25, -0.2) is 0 Å². The van der Waals surface area contributed by atoms with E-state index in [1.54, 1.807) is 34.9 Å². The zero-order chi connectivity index (χ0) is 27.0. The maximum atomic E-state index is 13.7. The van der Waals surface area contributed by atoms with Gasteiger partial charge in [-0.15, -0.1) is 11.8 Å². The van der Waals surface area contributed by atoms with E-state index in [4.69, 9.17) is 34.8 Å². The third-order valence-electron chi connectivity index (χ3n) is 5.52. The average molecular weight is 578 g/mol. The second-order valence-electron chi connectivity index (χ2n) is 9.75. The van der Waals surface area contributed by atoms with Gasteiger partial charge in [0.1, 0.15) is 6.04 Å². The lowest BCUT2D eigenvalue weighted by Gasteiger charge is -2.34. The predicted molar refractivity (Wildman–Crippen MR) is 156 cm³/mol. The molecular weight excluding hydrogens is 547 g/mol. The van der Waals surface area contributed by atoms with Crippen molar-refractivity contribution in [2.75, 3.05) is 5.75 Å². The minimum Gasteiger partial charge on any atom is -0.350 e. The highest BCUT2D eigenvalue weighted by Gasteiger charge is 2.32. The maximum absolute atomic E-state index is 13.7. The van der Waals surface area contributed by atoms with Gasteiger partial charge in [-0.1, -0.05) is 71.2 Å². The Kier molecular flexibility index (Phi) is 10.8. The summed E-state index contributed by atoms with van der Waals surface area (Å²) >= 11 is 20.2. The summed E-state index contributed by atoms with van der Waals surface area (Å²) in [4.78, 5) is 30.0. The van der Waals surface area contributed by atoms with Crippen molar-refractivity contribution in [2.24, 2.45) is 0 Å². The molecule has 0 heterocycles. The molecule has 0 aliphatic heterocycles. The fourth-order valence-electron chi connectivity index (χ4n) is 3.77. The molecule has 0 bridgehead atoms. The predicted octanol–water partition coefficient (Wildman–Crippen LogP) is 7.68. The monoisotopic (exact) mass is 576 g/mol. The lowest BCUT2D eigenvalue weighted by molar-refractivity contribution is -0.141. The number of carbonyl (C=O) groups excluding carboxylic acids is 2. The van der Waals surface area contributed by atoms with Gasteiger partial charge in [0.25, 0.3) is 0 Å². The topological polar surface area (TPSA) is 49.4 Å². The molecule has 4 nitrogen and oxygen atoms in total. The van der Waals surface area contributed by atoms with E-state index < -0.39 is 11.6 Å².